The highest BCUT2D eigenvalue weighted by molar-refractivity contribution is 7.14. The largest absolute Gasteiger partial charge is 0.453 e. The van der Waals surface area contributed by atoms with Crippen LogP contribution in [0.5, 0.6) is 0 Å². The lowest BCUT2D eigenvalue weighted by Crippen LogP contribution is -2.30. The molecule has 0 saturated heterocycles. The molecule has 0 aliphatic rings. The average molecular weight is 377 g/mol. The minimum Gasteiger partial charge on any atom is -0.453 e. The highest BCUT2D eigenvalue weighted by Gasteiger charge is 2.19. The van der Waals surface area contributed by atoms with E-state index >= 15 is 0 Å². The van der Waals surface area contributed by atoms with Crippen molar-refractivity contribution in [1.82, 2.24) is 0 Å². The summed E-state index contributed by atoms with van der Waals surface area (Å²) < 4.78 is 18.5. The molecule has 0 radical (unpaired) electrons. The monoisotopic (exact) mass is 377 g/mol. The van der Waals surface area contributed by atoms with E-state index in [1.165, 1.54) is 24.3 Å². The maximum atomic E-state index is 13.5. The second kappa shape index (κ2) is 8.71. The number of hydrogen-bond acceptors (Lipinski definition) is 5. The van der Waals surface area contributed by atoms with Crippen molar-refractivity contribution in [3.8, 4) is 0 Å². The van der Waals surface area contributed by atoms with E-state index in [4.69, 9.17) is 4.74 Å². The molecule has 7 heteroatoms. The summed E-state index contributed by atoms with van der Waals surface area (Å²) in [6.45, 7) is 4.93. The van der Waals surface area contributed by atoms with Crippen LogP contribution < -0.4 is 5.32 Å². The second-order valence-corrected chi connectivity index (χ2v) is 7.21. The van der Waals surface area contributed by atoms with Crippen LogP contribution in [-0.4, -0.2) is 23.8 Å². The van der Waals surface area contributed by atoms with Gasteiger partial charge in [0.05, 0.1) is 11.3 Å². The third kappa shape index (κ3) is 5.49. The number of benzene rings is 1. The molecule has 5 nitrogen and oxygen atoms in total. The zero-order valence-corrected chi connectivity index (χ0v) is 15.6. The first kappa shape index (κ1) is 19.8. The minimum absolute atomic E-state index is 0.0241. The van der Waals surface area contributed by atoms with Crippen molar-refractivity contribution in [2.24, 2.45) is 0 Å². The Morgan fingerprint density at radius 3 is 2.50 bits per heavy atom. The Morgan fingerprint density at radius 1 is 1.15 bits per heavy atom. The van der Waals surface area contributed by atoms with Crippen LogP contribution in [0, 0.1) is 19.7 Å². The molecule has 1 heterocycles. The third-order valence-corrected chi connectivity index (χ3v) is 4.73. The molecule has 1 N–H and O–H groups in total. The van der Waals surface area contributed by atoms with Gasteiger partial charge in [-0.1, -0.05) is 6.07 Å². The van der Waals surface area contributed by atoms with Crippen molar-refractivity contribution < 1.29 is 23.5 Å². The molecule has 1 aromatic carbocycles. The molecule has 0 spiro atoms. The van der Waals surface area contributed by atoms with Gasteiger partial charge >= 0.3 is 5.97 Å². The zero-order valence-electron chi connectivity index (χ0n) is 14.8. The van der Waals surface area contributed by atoms with E-state index in [2.05, 4.69) is 5.32 Å². The molecule has 2 aromatic rings. The Labute approximate surface area is 155 Å². The zero-order chi connectivity index (χ0) is 19.3. The van der Waals surface area contributed by atoms with Crippen molar-refractivity contribution in [1.29, 1.82) is 0 Å². The SMILES string of the molecule is Cc1ccc(C(=O)CCC(=O)OC(C)C(=O)Nc2ccc(C)c(F)c2)s1. The fourth-order valence-electron chi connectivity index (χ4n) is 2.15. The first-order chi connectivity index (χ1) is 12.3. The number of nitrogens with one attached hydrogen (secondary N) is 1. The van der Waals surface area contributed by atoms with Crippen LogP contribution in [0.2, 0.25) is 0 Å². The molecule has 2 rings (SSSR count). The summed E-state index contributed by atoms with van der Waals surface area (Å²) in [5, 5.41) is 2.49. The van der Waals surface area contributed by atoms with Gasteiger partial charge in [-0.2, -0.15) is 0 Å². The molecule has 26 heavy (non-hydrogen) atoms. The Kier molecular flexibility index (Phi) is 6.63. The molecule has 1 amide bonds. The fraction of sp³-hybridized carbons (Fsp3) is 0.316. The second-order valence-electron chi connectivity index (χ2n) is 5.92. The maximum Gasteiger partial charge on any atom is 0.307 e. The topological polar surface area (TPSA) is 72.5 Å². The third-order valence-electron chi connectivity index (χ3n) is 3.69. The smallest absolute Gasteiger partial charge is 0.307 e. The standard InChI is InChI=1S/C19H20FNO4S/c1-11-4-6-14(10-15(11)20)21-19(24)13(3)25-18(23)9-7-16(22)17-8-5-12(2)26-17/h4-6,8,10,13H,7,9H2,1-3H3,(H,21,24). The highest BCUT2D eigenvalue weighted by atomic mass is 32.1. The predicted octanol–water partition coefficient (Wildman–Crippen LogP) is 4.04. The van der Waals surface area contributed by atoms with Gasteiger partial charge in [-0.15, -0.1) is 11.3 Å². The maximum absolute atomic E-state index is 13.5. The number of aryl methyl sites for hydroxylation is 2. The van der Waals surface area contributed by atoms with Crippen LogP contribution in [0.15, 0.2) is 30.3 Å². The lowest BCUT2D eigenvalue weighted by molar-refractivity contribution is -0.153. The summed E-state index contributed by atoms with van der Waals surface area (Å²) in [4.78, 5) is 37.5. The molecule has 0 bridgehead atoms. The quantitative estimate of drug-likeness (QED) is 0.584. The van der Waals surface area contributed by atoms with Crippen LogP contribution >= 0.6 is 11.3 Å². The summed E-state index contributed by atoms with van der Waals surface area (Å²) in [5.74, 6) is -1.77. The number of ether oxygens (including phenoxy) is 1. The van der Waals surface area contributed by atoms with Gasteiger partial charge in [0.2, 0.25) is 0 Å². The van der Waals surface area contributed by atoms with Crippen molar-refractivity contribution in [2.75, 3.05) is 5.32 Å². The number of hydrogen-bond donors (Lipinski definition) is 1. The summed E-state index contributed by atoms with van der Waals surface area (Å²) in [7, 11) is 0. The molecule has 138 valence electrons. The number of anilines is 1. The summed E-state index contributed by atoms with van der Waals surface area (Å²) in [6, 6.07) is 7.87. The Bertz CT molecular complexity index is 831. The predicted molar refractivity (Wildman–Crippen MR) is 97.9 cm³/mol. The summed E-state index contributed by atoms with van der Waals surface area (Å²) in [6.07, 6.45) is -1.13. The van der Waals surface area contributed by atoms with E-state index in [0.29, 0.717) is 10.4 Å². The lowest BCUT2D eigenvalue weighted by Gasteiger charge is -2.13. The van der Waals surface area contributed by atoms with E-state index in [1.54, 1.807) is 25.1 Å². The van der Waals surface area contributed by atoms with Crippen molar-refractivity contribution in [3.05, 3.63) is 51.5 Å². The number of carbonyl (C=O) groups excluding carboxylic acids is 3. The number of amides is 1. The van der Waals surface area contributed by atoms with Gasteiger partial charge in [0.15, 0.2) is 11.9 Å². The molecule has 0 saturated carbocycles. The Balaban J connectivity index is 1.81. The Morgan fingerprint density at radius 2 is 1.88 bits per heavy atom. The number of esters is 1. The van der Waals surface area contributed by atoms with E-state index in [1.807, 2.05) is 13.0 Å². The summed E-state index contributed by atoms with van der Waals surface area (Å²) >= 11 is 1.37. The van der Waals surface area contributed by atoms with Gasteiger partial charge in [0.25, 0.3) is 5.91 Å². The van der Waals surface area contributed by atoms with Crippen LogP contribution in [0.1, 0.15) is 39.9 Å². The van der Waals surface area contributed by atoms with E-state index in [9.17, 15) is 18.8 Å². The van der Waals surface area contributed by atoms with Gasteiger partial charge in [0.1, 0.15) is 5.82 Å². The number of carbonyl (C=O) groups is 3. The van der Waals surface area contributed by atoms with Gasteiger partial charge in [0, 0.05) is 17.0 Å². The molecule has 1 aromatic heterocycles. The summed E-state index contributed by atoms with van der Waals surface area (Å²) in [5.41, 5.74) is 0.748. The van der Waals surface area contributed by atoms with Crippen LogP contribution in [-0.2, 0) is 14.3 Å². The number of ketones is 1. The van der Waals surface area contributed by atoms with Crippen molar-refractivity contribution >= 4 is 34.7 Å². The first-order valence-electron chi connectivity index (χ1n) is 8.12. The van der Waals surface area contributed by atoms with Gasteiger partial charge in [-0.25, -0.2) is 4.39 Å². The highest BCUT2D eigenvalue weighted by Crippen LogP contribution is 2.18. The lowest BCUT2D eigenvalue weighted by atomic mass is 10.2. The van der Waals surface area contributed by atoms with Crippen LogP contribution in [0.25, 0.3) is 0 Å². The van der Waals surface area contributed by atoms with Gasteiger partial charge < -0.3 is 10.1 Å². The van der Waals surface area contributed by atoms with Crippen molar-refractivity contribution in [2.45, 2.75) is 39.7 Å². The van der Waals surface area contributed by atoms with Gasteiger partial charge in [-0.05, 0) is 50.6 Å². The van der Waals surface area contributed by atoms with E-state index < -0.39 is 23.8 Å². The van der Waals surface area contributed by atoms with E-state index in [0.717, 1.165) is 4.88 Å². The first-order valence-corrected chi connectivity index (χ1v) is 8.94. The molecule has 1 atom stereocenters. The molecule has 1 unspecified atom stereocenters. The Hall–Kier alpha value is -2.54. The number of halogens is 1. The van der Waals surface area contributed by atoms with Gasteiger partial charge in [-0.3, -0.25) is 14.4 Å². The molecule has 0 aliphatic heterocycles. The van der Waals surface area contributed by atoms with Crippen molar-refractivity contribution in [3.63, 3.8) is 0 Å². The normalized spacial score (nSPS) is 11.7. The average Bonchev–Trinajstić information content (AvgIpc) is 3.02. The van der Waals surface area contributed by atoms with Crippen LogP contribution in [0.4, 0.5) is 10.1 Å². The number of Topliss-reactive ketones (excluding diaryl/α,β-unsaturated/α-hetero) is 1. The minimum atomic E-state index is -1.05. The van der Waals surface area contributed by atoms with E-state index in [-0.39, 0.29) is 24.3 Å². The molecular formula is C19H20FNO4S. The molecular weight excluding hydrogens is 357 g/mol. The fourth-order valence-corrected chi connectivity index (χ4v) is 2.98. The molecule has 0 aliphatic carbocycles. The van der Waals surface area contributed by atoms with Crippen LogP contribution in [0.3, 0.4) is 0 Å². The molecule has 0 fully saturated rings. The number of rotatable bonds is 7. The number of thiophene rings is 1.